The van der Waals surface area contributed by atoms with Crippen molar-refractivity contribution >= 4 is 10.9 Å². The summed E-state index contributed by atoms with van der Waals surface area (Å²) in [5.74, 6) is 0. The van der Waals surface area contributed by atoms with Gasteiger partial charge in [0.2, 0.25) is 0 Å². The van der Waals surface area contributed by atoms with Gasteiger partial charge in [-0.25, -0.2) is 0 Å². The normalized spacial score (nSPS) is 23.2. The molecule has 3 rings (SSSR count). The lowest BCUT2D eigenvalue weighted by molar-refractivity contribution is 0.219. The molecular weight excluding hydrogens is 224 g/mol. The van der Waals surface area contributed by atoms with Gasteiger partial charge in [0.05, 0.1) is 6.61 Å². The maximum absolute atomic E-state index is 9.44. The summed E-state index contributed by atoms with van der Waals surface area (Å²) in [5.41, 5.74) is 3.92. The van der Waals surface area contributed by atoms with E-state index in [-0.39, 0.29) is 12.6 Å². The maximum atomic E-state index is 9.44. The van der Waals surface area contributed by atoms with Crippen LogP contribution < -0.4 is 5.32 Å². The van der Waals surface area contributed by atoms with Crippen LogP contribution in [0, 0.1) is 0 Å². The summed E-state index contributed by atoms with van der Waals surface area (Å²) in [6.07, 6.45) is 3.16. The number of nitrogens with one attached hydrogen (secondary N) is 2. The molecule has 2 heterocycles. The number of fused-ring (bicyclic) bond motifs is 3. The molecule has 3 N–H and O–H groups in total. The van der Waals surface area contributed by atoms with Crippen molar-refractivity contribution in [3.8, 4) is 0 Å². The molecular formula is C15H20N2O. The van der Waals surface area contributed by atoms with Crippen LogP contribution in [0.5, 0.6) is 0 Å². The monoisotopic (exact) mass is 244 g/mol. The van der Waals surface area contributed by atoms with Gasteiger partial charge >= 0.3 is 0 Å². The molecule has 3 nitrogen and oxygen atoms in total. The summed E-state index contributed by atoms with van der Waals surface area (Å²) in [5, 5.41) is 14.3. The third-order valence-electron chi connectivity index (χ3n) is 3.88. The largest absolute Gasteiger partial charge is 0.395 e. The smallest absolute Gasteiger partial charge is 0.0588 e. The van der Waals surface area contributed by atoms with Crippen LogP contribution in [0.15, 0.2) is 24.3 Å². The molecule has 0 fully saturated rings. The third-order valence-corrected chi connectivity index (χ3v) is 3.88. The Labute approximate surface area is 107 Å². The molecule has 0 amide bonds. The molecule has 1 aromatic carbocycles. The molecule has 0 unspecified atom stereocenters. The molecule has 2 atom stereocenters. The zero-order chi connectivity index (χ0) is 12.5. The standard InChI is InChI=1S/C15H20N2O/c1-2-5-14-15-12(8-10(9-18)16-14)11-6-3-4-7-13(11)17-15/h3-4,6-7,10,14,16-18H,2,5,8-9H2,1H3/t10-,14+/m1/s1. The molecule has 1 aromatic heterocycles. The first-order chi connectivity index (χ1) is 8.83. The predicted molar refractivity (Wildman–Crippen MR) is 73.7 cm³/mol. The summed E-state index contributed by atoms with van der Waals surface area (Å²) in [7, 11) is 0. The summed E-state index contributed by atoms with van der Waals surface area (Å²) >= 11 is 0. The highest BCUT2D eigenvalue weighted by atomic mass is 16.3. The minimum absolute atomic E-state index is 0.188. The number of hydrogen-bond acceptors (Lipinski definition) is 2. The van der Waals surface area contributed by atoms with Crippen molar-refractivity contribution in [3.05, 3.63) is 35.5 Å². The van der Waals surface area contributed by atoms with Crippen LogP contribution in [0.4, 0.5) is 0 Å². The lowest BCUT2D eigenvalue weighted by Crippen LogP contribution is -2.41. The number of aromatic amines is 1. The molecule has 0 aliphatic carbocycles. The van der Waals surface area contributed by atoms with Crippen LogP contribution >= 0.6 is 0 Å². The van der Waals surface area contributed by atoms with Gasteiger partial charge in [0.15, 0.2) is 0 Å². The summed E-state index contributed by atoms with van der Waals surface area (Å²) in [4.78, 5) is 3.55. The SMILES string of the molecule is CCC[C@@H]1N[C@@H](CO)Cc2c1[nH]c1ccccc21. The molecule has 0 bridgehead atoms. The van der Waals surface area contributed by atoms with E-state index in [0.29, 0.717) is 6.04 Å². The van der Waals surface area contributed by atoms with Crippen LogP contribution in [0.25, 0.3) is 10.9 Å². The minimum atomic E-state index is 0.188. The zero-order valence-corrected chi connectivity index (χ0v) is 10.7. The number of aromatic nitrogens is 1. The van der Waals surface area contributed by atoms with Crippen LogP contribution in [0.3, 0.4) is 0 Å². The van der Waals surface area contributed by atoms with Gasteiger partial charge in [-0.3, -0.25) is 0 Å². The van der Waals surface area contributed by atoms with Crippen molar-refractivity contribution in [1.29, 1.82) is 0 Å². The number of rotatable bonds is 3. The molecule has 0 saturated heterocycles. The van der Waals surface area contributed by atoms with Crippen molar-refractivity contribution in [3.63, 3.8) is 0 Å². The van der Waals surface area contributed by atoms with E-state index >= 15 is 0 Å². The first kappa shape index (κ1) is 11.8. The lowest BCUT2D eigenvalue weighted by atomic mass is 9.92. The number of H-pyrrole nitrogens is 1. The number of aliphatic hydroxyl groups excluding tert-OH is 1. The molecule has 96 valence electrons. The van der Waals surface area contributed by atoms with Crippen molar-refractivity contribution in [2.75, 3.05) is 6.61 Å². The van der Waals surface area contributed by atoms with Crippen LogP contribution in [0.1, 0.15) is 37.1 Å². The second-order valence-corrected chi connectivity index (χ2v) is 5.15. The fraction of sp³-hybridized carbons (Fsp3) is 0.467. The highest BCUT2D eigenvalue weighted by molar-refractivity contribution is 5.85. The van der Waals surface area contributed by atoms with Gasteiger partial charge < -0.3 is 15.4 Å². The minimum Gasteiger partial charge on any atom is -0.395 e. The quantitative estimate of drug-likeness (QED) is 0.777. The van der Waals surface area contributed by atoms with Crippen LogP contribution in [-0.2, 0) is 6.42 Å². The number of para-hydroxylation sites is 1. The van der Waals surface area contributed by atoms with E-state index < -0.39 is 0 Å². The topological polar surface area (TPSA) is 48.0 Å². The Morgan fingerprint density at radius 2 is 2.17 bits per heavy atom. The molecule has 0 spiro atoms. The Morgan fingerprint density at radius 3 is 2.94 bits per heavy atom. The van der Waals surface area contributed by atoms with E-state index in [1.54, 1.807) is 0 Å². The van der Waals surface area contributed by atoms with Crippen LogP contribution in [-0.4, -0.2) is 22.7 Å². The highest BCUT2D eigenvalue weighted by Crippen LogP contribution is 2.33. The fourth-order valence-electron chi connectivity index (χ4n) is 3.05. The van der Waals surface area contributed by atoms with E-state index in [4.69, 9.17) is 0 Å². The molecule has 1 aliphatic rings. The summed E-state index contributed by atoms with van der Waals surface area (Å²) < 4.78 is 0. The zero-order valence-electron chi connectivity index (χ0n) is 10.7. The Kier molecular flexibility index (Phi) is 3.10. The first-order valence-electron chi connectivity index (χ1n) is 6.80. The number of hydrogen-bond donors (Lipinski definition) is 3. The van der Waals surface area contributed by atoms with Gasteiger partial charge in [0.25, 0.3) is 0 Å². The third kappa shape index (κ3) is 1.84. The Hall–Kier alpha value is -1.32. The highest BCUT2D eigenvalue weighted by Gasteiger charge is 2.28. The van der Waals surface area contributed by atoms with Gasteiger partial charge in [-0.15, -0.1) is 0 Å². The molecule has 2 aromatic rings. The number of aliphatic hydroxyl groups is 1. The number of benzene rings is 1. The molecule has 0 saturated carbocycles. The van der Waals surface area contributed by atoms with E-state index in [1.807, 2.05) is 0 Å². The van der Waals surface area contributed by atoms with Crippen molar-refractivity contribution in [1.82, 2.24) is 10.3 Å². The van der Waals surface area contributed by atoms with Crippen molar-refractivity contribution < 1.29 is 5.11 Å². The first-order valence-corrected chi connectivity index (χ1v) is 6.80. The molecule has 3 heteroatoms. The Bertz CT molecular complexity index is 546. The molecule has 18 heavy (non-hydrogen) atoms. The second-order valence-electron chi connectivity index (χ2n) is 5.15. The fourth-order valence-corrected chi connectivity index (χ4v) is 3.05. The Balaban J connectivity index is 2.10. The molecule has 1 aliphatic heterocycles. The van der Waals surface area contributed by atoms with Crippen molar-refractivity contribution in [2.24, 2.45) is 0 Å². The van der Waals surface area contributed by atoms with Crippen molar-refractivity contribution in [2.45, 2.75) is 38.3 Å². The van der Waals surface area contributed by atoms with E-state index in [1.165, 1.54) is 22.2 Å². The van der Waals surface area contributed by atoms with Gasteiger partial charge in [-0.2, -0.15) is 0 Å². The summed E-state index contributed by atoms with van der Waals surface area (Å²) in [6.45, 7) is 2.41. The van der Waals surface area contributed by atoms with Gasteiger partial charge in [-0.05, 0) is 24.5 Å². The average molecular weight is 244 g/mol. The summed E-state index contributed by atoms with van der Waals surface area (Å²) in [6, 6.07) is 8.99. The van der Waals surface area contributed by atoms with E-state index in [9.17, 15) is 5.11 Å². The molecule has 0 radical (unpaired) electrons. The van der Waals surface area contributed by atoms with Gasteiger partial charge in [-0.1, -0.05) is 31.5 Å². The van der Waals surface area contributed by atoms with Gasteiger partial charge in [0, 0.05) is 28.7 Å². The maximum Gasteiger partial charge on any atom is 0.0588 e. The Morgan fingerprint density at radius 1 is 1.33 bits per heavy atom. The average Bonchev–Trinajstić information content (AvgIpc) is 2.78. The lowest BCUT2D eigenvalue weighted by Gasteiger charge is -2.30. The predicted octanol–water partition coefficient (Wildman–Crippen LogP) is 2.52. The van der Waals surface area contributed by atoms with E-state index in [0.717, 1.165) is 19.3 Å². The van der Waals surface area contributed by atoms with Crippen LogP contribution in [0.2, 0.25) is 0 Å². The van der Waals surface area contributed by atoms with Gasteiger partial charge in [0.1, 0.15) is 0 Å². The van der Waals surface area contributed by atoms with E-state index in [2.05, 4.69) is 41.5 Å². The second kappa shape index (κ2) is 4.75.